The van der Waals surface area contributed by atoms with Gasteiger partial charge in [0, 0.05) is 5.39 Å². The number of rotatable bonds is 3. The van der Waals surface area contributed by atoms with Gasteiger partial charge in [0.15, 0.2) is 5.69 Å². The Morgan fingerprint density at radius 3 is 2.47 bits per heavy atom. The molecule has 0 saturated carbocycles. The number of fused-ring (bicyclic) bond motifs is 1. The number of benzene rings is 2. The van der Waals surface area contributed by atoms with Crippen LogP contribution in [0.15, 0.2) is 54.6 Å². The summed E-state index contributed by atoms with van der Waals surface area (Å²) >= 11 is 5.58. The molecule has 0 unspecified atom stereocenters. The smallest absolute Gasteiger partial charge is 0.273 e. The van der Waals surface area contributed by atoms with Crippen molar-refractivity contribution in [2.24, 2.45) is 0 Å². The summed E-state index contributed by atoms with van der Waals surface area (Å²) < 4.78 is 1.81. The summed E-state index contributed by atoms with van der Waals surface area (Å²) in [5.74, 6) is 0. The molecule has 0 N–H and O–H groups in total. The third-order valence-corrected chi connectivity index (χ3v) is 3.20. The van der Waals surface area contributed by atoms with Crippen LogP contribution in [0.25, 0.3) is 10.9 Å². The van der Waals surface area contributed by atoms with Gasteiger partial charge in [-0.1, -0.05) is 48.5 Å². The molecular formula is C15H11ClN2O. The van der Waals surface area contributed by atoms with Crippen molar-refractivity contribution in [3.63, 3.8) is 0 Å². The van der Waals surface area contributed by atoms with E-state index < -0.39 is 5.24 Å². The maximum atomic E-state index is 11.4. The molecule has 94 valence electrons. The summed E-state index contributed by atoms with van der Waals surface area (Å²) in [6.45, 7) is 0.617. The first-order valence-corrected chi connectivity index (χ1v) is 6.33. The molecule has 19 heavy (non-hydrogen) atoms. The van der Waals surface area contributed by atoms with Gasteiger partial charge in [-0.2, -0.15) is 5.10 Å². The number of para-hydroxylation sites is 1. The topological polar surface area (TPSA) is 34.9 Å². The van der Waals surface area contributed by atoms with Crippen LogP contribution < -0.4 is 0 Å². The first-order chi connectivity index (χ1) is 9.25. The number of hydrogen-bond donors (Lipinski definition) is 0. The molecule has 0 bridgehead atoms. The third kappa shape index (κ3) is 2.25. The molecule has 0 aliphatic rings. The molecule has 3 aromatic rings. The van der Waals surface area contributed by atoms with Crippen molar-refractivity contribution in [1.82, 2.24) is 9.78 Å². The third-order valence-electron chi connectivity index (χ3n) is 3.02. The molecule has 1 heterocycles. The van der Waals surface area contributed by atoms with E-state index in [1.165, 1.54) is 0 Å². The quantitative estimate of drug-likeness (QED) is 0.683. The molecule has 0 atom stereocenters. The molecular weight excluding hydrogens is 260 g/mol. The van der Waals surface area contributed by atoms with Gasteiger partial charge in [-0.05, 0) is 23.2 Å². The van der Waals surface area contributed by atoms with Crippen LogP contribution in [0.2, 0.25) is 0 Å². The molecule has 0 spiro atoms. The van der Waals surface area contributed by atoms with E-state index in [0.29, 0.717) is 12.2 Å². The lowest BCUT2D eigenvalue weighted by Gasteiger charge is -2.03. The highest BCUT2D eigenvalue weighted by atomic mass is 35.5. The molecule has 0 amide bonds. The van der Waals surface area contributed by atoms with E-state index in [1.54, 1.807) is 4.68 Å². The van der Waals surface area contributed by atoms with Crippen LogP contribution >= 0.6 is 11.6 Å². The lowest BCUT2D eigenvalue weighted by Crippen LogP contribution is -2.02. The lowest BCUT2D eigenvalue weighted by atomic mass is 10.2. The van der Waals surface area contributed by atoms with Crippen molar-refractivity contribution >= 4 is 27.7 Å². The van der Waals surface area contributed by atoms with E-state index in [1.807, 2.05) is 54.6 Å². The molecule has 3 nitrogen and oxygen atoms in total. The van der Waals surface area contributed by atoms with E-state index in [2.05, 4.69) is 5.10 Å². The van der Waals surface area contributed by atoms with Crippen molar-refractivity contribution in [2.75, 3.05) is 0 Å². The average Bonchev–Trinajstić information content (AvgIpc) is 2.79. The Hall–Kier alpha value is -2.13. The number of carbonyl (C=O) groups is 1. The van der Waals surface area contributed by atoms with Gasteiger partial charge < -0.3 is 0 Å². The summed E-state index contributed by atoms with van der Waals surface area (Å²) in [7, 11) is 0. The zero-order valence-electron chi connectivity index (χ0n) is 10.1. The predicted molar refractivity (Wildman–Crippen MR) is 75.5 cm³/mol. The SMILES string of the molecule is O=C(Cl)c1nn(Cc2ccccc2)c2ccccc12. The van der Waals surface area contributed by atoms with Crippen LogP contribution in [0.5, 0.6) is 0 Å². The van der Waals surface area contributed by atoms with Crippen molar-refractivity contribution in [3.8, 4) is 0 Å². The lowest BCUT2D eigenvalue weighted by molar-refractivity contribution is 0.107. The monoisotopic (exact) mass is 270 g/mol. The highest BCUT2D eigenvalue weighted by Gasteiger charge is 2.14. The second kappa shape index (κ2) is 4.86. The summed E-state index contributed by atoms with van der Waals surface area (Å²) in [6.07, 6.45) is 0. The zero-order valence-corrected chi connectivity index (χ0v) is 10.8. The standard InChI is InChI=1S/C15H11ClN2O/c16-15(19)14-12-8-4-5-9-13(12)18(17-14)10-11-6-2-1-3-7-11/h1-9H,10H2. The van der Waals surface area contributed by atoms with Crippen LogP contribution in [0, 0.1) is 0 Å². The average molecular weight is 271 g/mol. The Kier molecular flexibility index (Phi) is 3.05. The van der Waals surface area contributed by atoms with Crippen molar-refractivity contribution in [3.05, 3.63) is 65.9 Å². The fraction of sp³-hybridized carbons (Fsp3) is 0.0667. The van der Waals surface area contributed by atoms with E-state index in [9.17, 15) is 4.79 Å². The van der Waals surface area contributed by atoms with Gasteiger partial charge >= 0.3 is 0 Å². The first kappa shape index (κ1) is 11.9. The summed E-state index contributed by atoms with van der Waals surface area (Å²) in [5.41, 5.74) is 2.35. The van der Waals surface area contributed by atoms with Crippen LogP contribution in [0.3, 0.4) is 0 Å². The van der Waals surface area contributed by atoms with Gasteiger partial charge in [0.2, 0.25) is 0 Å². The minimum absolute atomic E-state index is 0.313. The Bertz CT molecular complexity index is 734. The van der Waals surface area contributed by atoms with Crippen LogP contribution in [0.4, 0.5) is 0 Å². The molecule has 2 aromatic carbocycles. The summed E-state index contributed by atoms with van der Waals surface area (Å²) in [5, 5.41) is 4.58. The fourth-order valence-electron chi connectivity index (χ4n) is 2.15. The van der Waals surface area contributed by atoms with E-state index in [-0.39, 0.29) is 0 Å². The fourth-order valence-corrected chi connectivity index (χ4v) is 2.29. The number of nitrogens with zero attached hydrogens (tertiary/aromatic N) is 2. The van der Waals surface area contributed by atoms with Gasteiger partial charge in [-0.3, -0.25) is 9.48 Å². The molecule has 0 aliphatic carbocycles. The first-order valence-electron chi connectivity index (χ1n) is 5.95. The van der Waals surface area contributed by atoms with Crippen molar-refractivity contribution < 1.29 is 4.79 Å². The van der Waals surface area contributed by atoms with Crippen LogP contribution in [-0.4, -0.2) is 15.0 Å². The van der Waals surface area contributed by atoms with Gasteiger partial charge in [-0.15, -0.1) is 0 Å². The Labute approximate surface area is 115 Å². The maximum Gasteiger partial charge on any atom is 0.273 e. The minimum Gasteiger partial charge on any atom is -0.274 e. The second-order valence-electron chi connectivity index (χ2n) is 4.28. The highest BCUT2D eigenvalue weighted by Crippen LogP contribution is 2.20. The van der Waals surface area contributed by atoms with Gasteiger partial charge in [0.25, 0.3) is 5.24 Å². The minimum atomic E-state index is -0.525. The van der Waals surface area contributed by atoms with Crippen molar-refractivity contribution in [2.45, 2.75) is 6.54 Å². The molecule has 0 fully saturated rings. The van der Waals surface area contributed by atoms with E-state index >= 15 is 0 Å². The van der Waals surface area contributed by atoms with Gasteiger partial charge in [0.1, 0.15) is 0 Å². The van der Waals surface area contributed by atoms with Gasteiger partial charge in [0.05, 0.1) is 12.1 Å². The second-order valence-corrected chi connectivity index (χ2v) is 4.63. The molecule has 0 saturated heterocycles. The molecule has 1 aromatic heterocycles. The zero-order chi connectivity index (χ0) is 13.2. The Morgan fingerprint density at radius 2 is 1.74 bits per heavy atom. The largest absolute Gasteiger partial charge is 0.274 e. The summed E-state index contributed by atoms with van der Waals surface area (Å²) in [4.78, 5) is 11.4. The normalized spacial score (nSPS) is 10.8. The van der Waals surface area contributed by atoms with E-state index in [0.717, 1.165) is 16.5 Å². The number of hydrogen-bond acceptors (Lipinski definition) is 2. The summed E-state index contributed by atoms with van der Waals surface area (Å²) in [6, 6.07) is 17.6. The number of aromatic nitrogens is 2. The van der Waals surface area contributed by atoms with E-state index in [4.69, 9.17) is 11.6 Å². The van der Waals surface area contributed by atoms with Crippen LogP contribution in [0.1, 0.15) is 16.1 Å². The molecule has 4 heteroatoms. The Morgan fingerprint density at radius 1 is 1.05 bits per heavy atom. The highest BCUT2D eigenvalue weighted by molar-refractivity contribution is 6.68. The van der Waals surface area contributed by atoms with Gasteiger partial charge in [-0.25, -0.2) is 0 Å². The predicted octanol–water partition coefficient (Wildman–Crippen LogP) is 3.46. The number of carbonyl (C=O) groups excluding carboxylic acids is 1. The molecule has 3 rings (SSSR count). The number of halogens is 1. The Balaban J connectivity index is 2.11. The maximum absolute atomic E-state index is 11.4. The molecule has 0 radical (unpaired) electrons. The van der Waals surface area contributed by atoms with Crippen molar-refractivity contribution in [1.29, 1.82) is 0 Å². The van der Waals surface area contributed by atoms with Crippen LogP contribution in [-0.2, 0) is 6.54 Å². The molecule has 0 aliphatic heterocycles.